The summed E-state index contributed by atoms with van der Waals surface area (Å²) >= 11 is 0. The molecule has 0 aromatic heterocycles. The average molecular weight is 308 g/mol. The van der Waals surface area contributed by atoms with Gasteiger partial charge in [0.25, 0.3) is 5.91 Å². The van der Waals surface area contributed by atoms with Gasteiger partial charge in [0.05, 0.1) is 11.5 Å². The molecule has 0 bridgehead atoms. The molecule has 3 N–H and O–H groups in total. The second-order valence-corrected chi connectivity index (χ2v) is 5.39. The van der Waals surface area contributed by atoms with E-state index >= 15 is 0 Å². The van der Waals surface area contributed by atoms with Crippen molar-refractivity contribution in [2.75, 3.05) is 5.32 Å². The highest BCUT2D eigenvalue weighted by molar-refractivity contribution is 5.97. The topological polar surface area (TPSA) is 95.5 Å². The third kappa shape index (κ3) is 3.81. The van der Waals surface area contributed by atoms with Gasteiger partial charge >= 0.3 is 5.97 Å². The lowest BCUT2D eigenvalue weighted by Gasteiger charge is -2.13. The lowest BCUT2D eigenvalue weighted by Crippen LogP contribution is -2.34. The van der Waals surface area contributed by atoms with Crippen LogP contribution in [-0.4, -0.2) is 28.9 Å². The molecule has 0 spiro atoms. The summed E-state index contributed by atoms with van der Waals surface area (Å²) in [6.07, 6.45) is 1.39. The van der Waals surface area contributed by atoms with Crippen molar-refractivity contribution < 1.29 is 23.9 Å². The van der Waals surface area contributed by atoms with Crippen molar-refractivity contribution >= 4 is 23.5 Å². The Morgan fingerprint density at radius 1 is 1.27 bits per heavy atom. The number of carboxylic acid groups (broad SMARTS) is 1. The summed E-state index contributed by atoms with van der Waals surface area (Å²) < 4.78 is 13.8. The van der Waals surface area contributed by atoms with Crippen molar-refractivity contribution in [1.82, 2.24) is 5.32 Å². The predicted molar refractivity (Wildman–Crippen MR) is 76.9 cm³/mol. The minimum Gasteiger partial charge on any atom is -0.481 e. The van der Waals surface area contributed by atoms with Crippen molar-refractivity contribution in [3.05, 3.63) is 29.6 Å². The monoisotopic (exact) mass is 308 g/mol. The minimum atomic E-state index is -0.879. The van der Waals surface area contributed by atoms with Crippen LogP contribution in [0, 0.1) is 11.7 Å². The van der Waals surface area contributed by atoms with Gasteiger partial charge in [-0.15, -0.1) is 0 Å². The third-order valence-electron chi connectivity index (χ3n) is 3.65. The maximum absolute atomic E-state index is 13.8. The molecule has 0 heterocycles. The van der Waals surface area contributed by atoms with Gasteiger partial charge in [-0.1, -0.05) is 0 Å². The molecular formula is C15H17FN2O4. The van der Waals surface area contributed by atoms with E-state index in [9.17, 15) is 18.8 Å². The van der Waals surface area contributed by atoms with Crippen LogP contribution >= 0.6 is 0 Å². The molecule has 2 atom stereocenters. The molecule has 7 heteroatoms. The number of carboxylic acids is 1. The maximum atomic E-state index is 13.8. The Labute approximate surface area is 126 Å². The van der Waals surface area contributed by atoms with Crippen LogP contribution < -0.4 is 10.6 Å². The molecule has 1 aromatic rings. The summed E-state index contributed by atoms with van der Waals surface area (Å²) in [4.78, 5) is 34.0. The summed E-state index contributed by atoms with van der Waals surface area (Å²) in [5.74, 6) is -2.98. The minimum absolute atomic E-state index is 0.176. The number of anilines is 1. The van der Waals surface area contributed by atoms with E-state index < -0.39 is 23.6 Å². The fourth-order valence-corrected chi connectivity index (χ4v) is 2.58. The first-order valence-electron chi connectivity index (χ1n) is 6.97. The molecule has 0 radical (unpaired) electrons. The molecule has 1 fully saturated rings. The van der Waals surface area contributed by atoms with E-state index in [0.717, 1.165) is 6.07 Å². The van der Waals surface area contributed by atoms with Gasteiger partial charge < -0.3 is 15.7 Å². The van der Waals surface area contributed by atoms with Gasteiger partial charge in [-0.3, -0.25) is 14.4 Å². The van der Waals surface area contributed by atoms with Crippen molar-refractivity contribution in [1.29, 1.82) is 0 Å². The maximum Gasteiger partial charge on any atom is 0.306 e. The van der Waals surface area contributed by atoms with Crippen molar-refractivity contribution in [3.63, 3.8) is 0 Å². The number of carbonyl (C=O) groups excluding carboxylic acids is 2. The van der Waals surface area contributed by atoms with E-state index in [0.29, 0.717) is 24.9 Å². The second-order valence-electron chi connectivity index (χ2n) is 5.39. The molecule has 1 saturated carbocycles. The van der Waals surface area contributed by atoms with Gasteiger partial charge in [-0.05, 0) is 37.5 Å². The van der Waals surface area contributed by atoms with Gasteiger partial charge in [0, 0.05) is 18.7 Å². The standard InChI is InChI=1S/C15H17FN2O4/c1-8(19)17-11-4-5-13(16)12(7-11)14(20)18-10-3-2-9(6-10)15(21)22/h4-5,7,9-10H,2-3,6H2,1H3,(H,17,19)(H,18,20)(H,21,22)/t9-,10+/m1/s1. The van der Waals surface area contributed by atoms with Crippen LogP contribution in [0.3, 0.4) is 0 Å². The fourth-order valence-electron chi connectivity index (χ4n) is 2.58. The molecule has 1 aliphatic carbocycles. The number of hydrogen-bond donors (Lipinski definition) is 3. The quantitative estimate of drug-likeness (QED) is 0.790. The van der Waals surface area contributed by atoms with E-state index in [2.05, 4.69) is 10.6 Å². The van der Waals surface area contributed by atoms with E-state index in [1.807, 2.05) is 0 Å². The van der Waals surface area contributed by atoms with Crippen molar-refractivity contribution in [2.45, 2.75) is 32.2 Å². The molecule has 118 valence electrons. The number of rotatable bonds is 4. The van der Waals surface area contributed by atoms with Gasteiger partial charge in [-0.25, -0.2) is 4.39 Å². The lowest BCUT2D eigenvalue weighted by atomic mass is 10.1. The number of carbonyl (C=O) groups is 3. The number of aliphatic carboxylic acids is 1. The zero-order valence-electron chi connectivity index (χ0n) is 12.1. The van der Waals surface area contributed by atoms with Crippen LogP contribution in [0.1, 0.15) is 36.5 Å². The Morgan fingerprint density at radius 3 is 2.59 bits per heavy atom. The summed E-state index contributed by atoms with van der Waals surface area (Å²) in [6, 6.07) is 3.45. The van der Waals surface area contributed by atoms with Gasteiger partial charge in [0.1, 0.15) is 5.82 Å². The van der Waals surface area contributed by atoms with E-state index in [1.165, 1.54) is 19.1 Å². The first kappa shape index (κ1) is 15.9. The fraction of sp³-hybridized carbons (Fsp3) is 0.400. The Balaban J connectivity index is 2.06. The number of nitrogens with one attached hydrogen (secondary N) is 2. The molecular weight excluding hydrogens is 291 g/mol. The molecule has 6 nitrogen and oxygen atoms in total. The normalized spacial score (nSPS) is 20.5. The molecule has 2 rings (SSSR count). The predicted octanol–water partition coefficient (Wildman–Crippen LogP) is 1.77. The van der Waals surface area contributed by atoms with Crippen molar-refractivity contribution in [2.24, 2.45) is 5.92 Å². The zero-order chi connectivity index (χ0) is 16.3. The number of benzene rings is 1. The highest BCUT2D eigenvalue weighted by Crippen LogP contribution is 2.26. The third-order valence-corrected chi connectivity index (χ3v) is 3.65. The number of amides is 2. The van der Waals surface area contributed by atoms with Crippen molar-refractivity contribution in [3.8, 4) is 0 Å². The van der Waals surface area contributed by atoms with Crippen LogP contribution in [0.2, 0.25) is 0 Å². The molecule has 0 saturated heterocycles. The highest BCUT2D eigenvalue weighted by atomic mass is 19.1. The summed E-state index contributed by atoms with van der Waals surface area (Å²) in [5.41, 5.74) is 0.152. The van der Waals surface area contributed by atoms with Gasteiger partial charge in [-0.2, -0.15) is 0 Å². The summed E-state index contributed by atoms with van der Waals surface area (Å²) in [5, 5.41) is 14.1. The molecule has 22 heavy (non-hydrogen) atoms. The number of hydrogen-bond acceptors (Lipinski definition) is 3. The van der Waals surface area contributed by atoms with Gasteiger partial charge in [0.15, 0.2) is 0 Å². The summed E-state index contributed by atoms with van der Waals surface area (Å²) in [7, 11) is 0. The zero-order valence-corrected chi connectivity index (χ0v) is 12.1. The van der Waals surface area contributed by atoms with E-state index in [4.69, 9.17) is 5.11 Å². The Morgan fingerprint density at radius 2 is 2.00 bits per heavy atom. The molecule has 1 aromatic carbocycles. The van der Waals surface area contributed by atoms with Crippen LogP contribution in [0.15, 0.2) is 18.2 Å². The Bertz CT molecular complexity index is 618. The molecule has 0 aliphatic heterocycles. The van der Waals surface area contributed by atoms with Gasteiger partial charge in [0.2, 0.25) is 5.91 Å². The molecule has 1 aliphatic rings. The summed E-state index contributed by atoms with van der Waals surface area (Å²) in [6.45, 7) is 1.31. The second kappa shape index (κ2) is 6.55. The Hall–Kier alpha value is -2.44. The van der Waals surface area contributed by atoms with Crippen LogP contribution in [-0.2, 0) is 9.59 Å². The largest absolute Gasteiger partial charge is 0.481 e. The van der Waals surface area contributed by atoms with Crippen LogP contribution in [0.4, 0.5) is 10.1 Å². The highest BCUT2D eigenvalue weighted by Gasteiger charge is 2.31. The molecule has 2 amide bonds. The Kier molecular flexibility index (Phi) is 4.75. The first-order valence-corrected chi connectivity index (χ1v) is 6.97. The molecule has 0 unspecified atom stereocenters. The average Bonchev–Trinajstić information content (AvgIpc) is 2.89. The van der Waals surface area contributed by atoms with Crippen LogP contribution in [0.25, 0.3) is 0 Å². The SMILES string of the molecule is CC(=O)Nc1ccc(F)c(C(=O)N[C@H]2CC[C@@H](C(=O)O)C2)c1. The number of halogens is 1. The van der Waals surface area contributed by atoms with E-state index in [1.54, 1.807) is 0 Å². The lowest BCUT2D eigenvalue weighted by molar-refractivity contribution is -0.141. The first-order chi connectivity index (χ1) is 10.4. The van der Waals surface area contributed by atoms with E-state index in [-0.39, 0.29) is 17.5 Å². The smallest absolute Gasteiger partial charge is 0.306 e. The van der Waals surface area contributed by atoms with Crippen LogP contribution in [0.5, 0.6) is 0 Å².